The van der Waals surface area contributed by atoms with E-state index < -0.39 is 0 Å². The predicted octanol–water partition coefficient (Wildman–Crippen LogP) is 1.97. The normalized spacial score (nSPS) is 20.8. The Balaban J connectivity index is 1.39. The maximum absolute atomic E-state index is 5.69. The highest BCUT2D eigenvalue weighted by atomic mass is 15.3. The Kier molecular flexibility index (Phi) is 5.18. The largest absolute Gasteiger partial charge is 0.354 e. The van der Waals surface area contributed by atoms with E-state index in [2.05, 4.69) is 50.1 Å². The summed E-state index contributed by atoms with van der Waals surface area (Å²) < 4.78 is 0. The monoisotopic (exact) mass is 351 g/mol. The lowest BCUT2D eigenvalue weighted by Crippen LogP contribution is -2.52. The summed E-state index contributed by atoms with van der Waals surface area (Å²) in [6, 6.07) is 11.7. The Hall–Kier alpha value is -1.98. The number of benzene rings is 1. The number of hydrogen-bond acceptors (Lipinski definition) is 5. The van der Waals surface area contributed by atoms with Crippen molar-refractivity contribution < 1.29 is 0 Å². The van der Waals surface area contributed by atoms with Crippen molar-refractivity contribution in [3.8, 4) is 0 Å². The van der Waals surface area contributed by atoms with Crippen LogP contribution in [0.5, 0.6) is 0 Å². The van der Waals surface area contributed by atoms with Crippen LogP contribution in [0.15, 0.2) is 30.3 Å². The van der Waals surface area contributed by atoms with Gasteiger partial charge in [0.05, 0.1) is 0 Å². The molecule has 1 aliphatic carbocycles. The van der Waals surface area contributed by atoms with Crippen LogP contribution < -0.4 is 10.6 Å². The van der Waals surface area contributed by atoms with Crippen molar-refractivity contribution >= 4 is 5.82 Å². The molecule has 1 unspecified atom stereocenters. The van der Waals surface area contributed by atoms with Gasteiger partial charge in [0.1, 0.15) is 11.6 Å². The topological polar surface area (TPSA) is 58.3 Å². The Bertz CT molecular complexity index is 752. The molecule has 1 atom stereocenters. The Morgan fingerprint density at radius 3 is 2.62 bits per heavy atom. The van der Waals surface area contributed by atoms with E-state index in [9.17, 15) is 0 Å². The lowest BCUT2D eigenvalue weighted by atomic mass is 9.87. The molecule has 2 N–H and O–H groups in total. The summed E-state index contributed by atoms with van der Waals surface area (Å²) in [6.45, 7) is 6.91. The highest BCUT2D eigenvalue weighted by Gasteiger charge is 2.27. The van der Waals surface area contributed by atoms with E-state index in [1.165, 1.54) is 19.3 Å². The number of nitrogens with two attached hydrogens (primary N) is 1. The molecular weight excluding hydrogens is 322 g/mol. The van der Waals surface area contributed by atoms with Gasteiger partial charge in [0.2, 0.25) is 0 Å². The zero-order valence-corrected chi connectivity index (χ0v) is 15.7. The standard InChI is InChI=1S/C21H29N5/c1-16-23-19(8-9-22)15-21(24-16)26-12-10-25(11-13-26)20-7-6-17-4-2-3-5-18(17)14-20/h2-5,15,20H,6-14,22H2,1H3. The van der Waals surface area contributed by atoms with Gasteiger partial charge in [-0.15, -0.1) is 0 Å². The van der Waals surface area contributed by atoms with E-state index in [4.69, 9.17) is 5.73 Å². The fraction of sp³-hybridized carbons (Fsp3) is 0.524. The van der Waals surface area contributed by atoms with Crippen molar-refractivity contribution in [2.24, 2.45) is 5.73 Å². The second-order valence-electron chi connectivity index (χ2n) is 7.49. The summed E-state index contributed by atoms with van der Waals surface area (Å²) in [5.41, 5.74) is 9.84. The number of anilines is 1. The molecule has 1 aromatic carbocycles. The van der Waals surface area contributed by atoms with Gasteiger partial charge in [-0.25, -0.2) is 9.97 Å². The molecule has 2 aliphatic rings. The smallest absolute Gasteiger partial charge is 0.132 e. The number of rotatable bonds is 4. The van der Waals surface area contributed by atoms with Crippen LogP contribution in [0.2, 0.25) is 0 Å². The van der Waals surface area contributed by atoms with E-state index in [-0.39, 0.29) is 0 Å². The maximum atomic E-state index is 5.69. The third-order valence-electron chi connectivity index (χ3n) is 5.75. The minimum absolute atomic E-state index is 0.632. The second-order valence-corrected chi connectivity index (χ2v) is 7.49. The van der Waals surface area contributed by atoms with E-state index in [1.54, 1.807) is 11.1 Å². The van der Waals surface area contributed by atoms with Crippen LogP contribution in [0.1, 0.15) is 29.1 Å². The summed E-state index contributed by atoms with van der Waals surface area (Å²) in [7, 11) is 0. The zero-order chi connectivity index (χ0) is 17.9. The molecule has 1 fully saturated rings. The molecule has 2 aromatic rings. The van der Waals surface area contributed by atoms with Crippen molar-refractivity contribution in [2.45, 2.75) is 38.6 Å². The molecule has 4 rings (SSSR count). The van der Waals surface area contributed by atoms with Crippen molar-refractivity contribution in [3.05, 3.63) is 53.0 Å². The molecule has 1 aromatic heterocycles. The summed E-state index contributed by atoms with van der Waals surface area (Å²) >= 11 is 0. The van der Waals surface area contributed by atoms with Gasteiger partial charge in [0.15, 0.2) is 0 Å². The Morgan fingerprint density at radius 2 is 1.85 bits per heavy atom. The molecule has 2 heterocycles. The van der Waals surface area contributed by atoms with Crippen LogP contribution in [-0.2, 0) is 19.3 Å². The minimum atomic E-state index is 0.632. The zero-order valence-electron chi connectivity index (χ0n) is 15.7. The first-order chi connectivity index (χ1) is 12.7. The highest BCUT2D eigenvalue weighted by Crippen LogP contribution is 2.26. The molecule has 1 saturated heterocycles. The van der Waals surface area contributed by atoms with Gasteiger partial charge in [-0.2, -0.15) is 0 Å². The van der Waals surface area contributed by atoms with E-state index in [0.717, 1.165) is 49.9 Å². The third kappa shape index (κ3) is 3.74. The van der Waals surface area contributed by atoms with Gasteiger partial charge < -0.3 is 10.6 Å². The maximum Gasteiger partial charge on any atom is 0.132 e. The van der Waals surface area contributed by atoms with Gasteiger partial charge >= 0.3 is 0 Å². The van der Waals surface area contributed by atoms with Crippen LogP contribution in [0.3, 0.4) is 0 Å². The summed E-state index contributed by atoms with van der Waals surface area (Å²) in [6.07, 6.45) is 4.51. The summed E-state index contributed by atoms with van der Waals surface area (Å²) in [4.78, 5) is 14.2. The molecule has 0 amide bonds. The van der Waals surface area contributed by atoms with E-state index in [0.29, 0.717) is 12.6 Å². The van der Waals surface area contributed by atoms with Crippen LogP contribution in [0.4, 0.5) is 5.82 Å². The number of aryl methyl sites for hydroxylation is 2. The molecule has 1 aliphatic heterocycles. The van der Waals surface area contributed by atoms with Gasteiger partial charge in [-0.3, -0.25) is 4.90 Å². The van der Waals surface area contributed by atoms with Crippen LogP contribution in [0, 0.1) is 6.92 Å². The van der Waals surface area contributed by atoms with Gasteiger partial charge in [0, 0.05) is 50.4 Å². The third-order valence-corrected chi connectivity index (χ3v) is 5.75. The average Bonchev–Trinajstić information content (AvgIpc) is 2.67. The molecule has 0 bridgehead atoms. The van der Waals surface area contributed by atoms with Crippen LogP contribution in [-0.4, -0.2) is 53.6 Å². The average molecular weight is 351 g/mol. The Labute approximate surface area is 156 Å². The molecule has 5 nitrogen and oxygen atoms in total. The van der Waals surface area contributed by atoms with Crippen LogP contribution in [0.25, 0.3) is 0 Å². The summed E-state index contributed by atoms with van der Waals surface area (Å²) in [5, 5.41) is 0. The SMILES string of the molecule is Cc1nc(CCN)cc(N2CCN(C3CCc4ccccc4C3)CC2)n1. The predicted molar refractivity (Wildman–Crippen MR) is 106 cm³/mol. The van der Waals surface area contributed by atoms with Gasteiger partial charge in [-0.05, 0) is 43.9 Å². The molecule has 26 heavy (non-hydrogen) atoms. The molecule has 138 valence electrons. The first-order valence-corrected chi connectivity index (χ1v) is 9.83. The van der Waals surface area contributed by atoms with Crippen molar-refractivity contribution in [3.63, 3.8) is 0 Å². The fourth-order valence-corrected chi connectivity index (χ4v) is 4.36. The molecule has 0 saturated carbocycles. The number of fused-ring (bicyclic) bond motifs is 1. The van der Waals surface area contributed by atoms with E-state index >= 15 is 0 Å². The quantitative estimate of drug-likeness (QED) is 0.913. The van der Waals surface area contributed by atoms with Gasteiger partial charge in [-0.1, -0.05) is 24.3 Å². The van der Waals surface area contributed by atoms with E-state index in [1.807, 2.05) is 6.92 Å². The Morgan fingerprint density at radius 1 is 1.08 bits per heavy atom. The molecule has 0 radical (unpaired) electrons. The lowest BCUT2D eigenvalue weighted by Gasteiger charge is -2.41. The lowest BCUT2D eigenvalue weighted by molar-refractivity contribution is 0.169. The number of aromatic nitrogens is 2. The first-order valence-electron chi connectivity index (χ1n) is 9.83. The van der Waals surface area contributed by atoms with Gasteiger partial charge in [0.25, 0.3) is 0 Å². The summed E-state index contributed by atoms with van der Waals surface area (Å²) in [5.74, 6) is 1.91. The number of piperazine rings is 1. The molecule has 5 heteroatoms. The minimum Gasteiger partial charge on any atom is -0.354 e. The van der Waals surface area contributed by atoms with Crippen molar-refractivity contribution in [1.29, 1.82) is 0 Å². The molecular formula is C21H29N5. The highest BCUT2D eigenvalue weighted by molar-refractivity contribution is 5.40. The number of nitrogens with zero attached hydrogens (tertiary/aromatic N) is 4. The second kappa shape index (κ2) is 7.72. The fourth-order valence-electron chi connectivity index (χ4n) is 4.36. The van der Waals surface area contributed by atoms with Crippen LogP contribution >= 0.6 is 0 Å². The molecule has 0 spiro atoms. The van der Waals surface area contributed by atoms with Crippen molar-refractivity contribution in [1.82, 2.24) is 14.9 Å². The first kappa shape index (κ1) is 17.4. The number of hydrogen-bond donors (Lipinski definition) is 1. The van der Waals surface area contributed by atoms with Crippen molar-refractivity contribution in [2.75, 3.05) is 37.6 Å².